The van der Waals surface area contributed by atoms with Gasteiger partial charge in [-0.05, 0) is 36.2 Å². The van der Waals surface area contributed by atoms with Crippen LogP contribution in [0.25, 0.3) is 0 Å². The molecule has 2 aromatic carbocycles. The van der Waals surface area contributed by atoms with Crippen LogP contribution in [0.1, 0.15) is 22.1 Å². The van der Waals surface area contributed by atoms with Crippen molar-refractivity contribution in [1.82, 2.24) is 0 Å². The Hall–Kier alpha value is -1.19. The van der Waals surface area contributed by atoms with Crippen LogP contribution in [-0.2, 0) is 0 Å². The maximum Gasteiger partial charge on any atom is 0.160 e. The molecule has 1 unspecified atom stereocenters. The Balaban J connectivity index is 2.49. The molecule has 1 atom stereocenters. The summed E-state index contributed by atoms with van der Waals surface area (Å²) in [6.07, 6.45) is 0. The highest BCUT2D eigenvalue weighted by molar-refractivity contribution is 6.33. The fourth-order valence-corrected chi connectivity index (χ4v) is 2.41. The van der Waals surface area contributed by atoms with Crippen LogP contribution in [0.4, 0.5) is 13.2 Å². The molecule has 0 radical (unpaired) electrons. The van der Waals surface area contributed by atoms with Crippen molar-refractivity contribution in [3.8, 4) is 0 Å². The SMILES string of the molecule is Cc1ccc(C(Cl)c2cc(F)c(F)cc2Cl)c(F)c1. The monoisotopic (exact) mass is 304 g/mol. The van der Waals surface area contributed by atoms with Crippen molar-refractivity contribution < 1.29 is 13.2 Å². The van der Waals surface area contributed by atoms with Crippen LogP contribution in [0.3, 0.4) is 0 Å². The Labute approximate surface area is 118 Å². The van der Waals surface area contributed by atoms with E-state index in [1.165, 1.54) is 12.1 Å². The Morgan fingerprint density at radius 2 is 1.53 bits per heavy atom. The van der Waals surface area contributed by atoms with E-state index in [1.54, 1.807) is 13.0 Å². The van der Waals surface area contributed by atoms with Gasteiger partial charge in [-0.1, -0.05) is 23.7 Å². The maximum atomic E-state index is 13.8. The lowest BCUT2D eigenvalue weighted by atomic mass is 10.0. The van der Waals surface area contributed by atoms with E-state index in [0.717, 1.165) is 17.7 Å². The number of hydrogen-bond donors (Lipinski definition) is 0. The summed E-state index contributed by atoms with van der Waals surface area (Å²) in [6, 6.07) is 6.21. The predicted octanol–water partition coefficient (Wildman–Crippen LogP) is 5.39. The summed E-state index contributed by atoms with van der Waals surface area (Å²) < 4.78 is 40.0. The average Bonchev–Trinajstić information content (AvgIpc) is 2.33. The van der Waals surface area contributed by atoms with Crippen LogP contribution in [0.15, 0.2) is 30.3 Å². The molecule has 0 heterocycles. The molecule has 0 amide bonds. The third-order valence-corrected chi connectivity index (χ3v) is 3.54. The Morgan fingerprint density at radius 3 is 2.16 bits per heavy atom. The minimum absolute atomic E-state index is 0.0427. The summed E-state index contributed by atoms with van der Waals surface area (Å²) in [5, 5.41) is -1.03. The molecule has 0 aliphatic heterocycles. The molecule has 19 heavy (non-hydrogen) atoms. The highest BCUT2D eigenvalue weighted by Gasteiger charge is 2.20. The molecule has 0 fully saturated rings. The molecule has 2 rings (SSSR count). The first kappa shape index (κ1) is 14.2. The minimum atomic E-state index is -1.07. The lowest BCUT2D eigenvalue weighted by Crippen LogP contribution is -2.00. The molecule has 0 bridgehead atoms. The van der Waals surface area contributed by atoms with E-state index in [-0.39, 0.29) is 16.1 Å². The molecule has 0 spiro atoms. The van der Waals surface area contributed by atoms with E-state index in [0.29, 0.717) is 0 Å². The number of halogens is 5. The Kier molecular flexibility index (Phi) is 4.07. The Bertz CT molecular complexity index is 626. The molecule has 0 aliphatic rings. The summed E-state index contributed by atoms with van der Waals surface area (Å²) >= 11 is 11.9. The van der Waals surface area contributed by atoms with Crippen LogP contribution >= 0.6 is 23.2 Å². The van der Waals surface area contributed by atoms with E-state index in [9.17, 15) is 13.2 Å². The van der Waals surface area contributed by atoms with Gasteiger partial charge in [0.15, 0.2) is 11.6 Å². The topological polar surface area (TPSA) is 0 Å². The molecule has 0 aliphatic carbocycles. The normalized spacial score (nSPS) is 12.5. The van der Waals surface area contributed by atoms with Gasteiger partial charge < -0.3 is 0 Å². The van der Waals surface area contributed by atoms with Gasteiger partial charge in [-0.25, -0.2) is 13.2 Å². The smallest absolute Gasteiger partial charge is 0.160 e. The fourth-order valence-electron chi connectivity index (χ4n) is 1.74. The fraction of sp³-hybridized carbons (Fsp3) is 0.143. The van der Waals surface area contributed by atoms with Crippen LogP contribution in [0.2, 0.25) is 5.02 Å². The number of aryl methyl sites for hydroxylation is 1. The van der Waals surface area contributed by atoms with Crippen molar-refractivity contribution in [1.29, 1.82) is 0 Å². The molecule has 0 saturated heterocycles. The molecule has 0 aromatic heterocycles. The highest BCUT2D eigenvalue weighted by atomic mass is 35.5. The second-order valence-electron chi connectivity index (χ2n) is 4.18. The maximum absolute atomic E-state index is 13.8. The molecule has 2 aromatic rings. The van der Waals surface area contributed by atoms with E-state index in [1.807, 2.05) is 0 Å². The lowest BCUT2D eigenvalue weighted by Gasteiger charge is -2.14. The zero-order valence-electron chi connectivity index (χ0n) is 9.85. The number of alkyl halides is 1. The standard InChI is InChI=1S/C14H9Cl2F3/c1-7-2-3-8(11(17)4-7)14(16)9-5-12(18)13(19)6-10(9)15/h2-6,14H,1H3. The van der Waals surface area contributed by atoms with Gasteiger partial charge in [0.2, 0.25) is 0 Å². The molecule has 0 nitrogen and oxygen atoms in total. The predicted molar refractivity (Wildman–Crippen MR) is 70.2 cm³/mol. The molecular formula is C14H9Cl2F3. The molecule has 5 heteroatoms. The van der Waals surface area contributed by atoms with Crippen LogP contribution < -0.4 is 0 Å². The van der Waals surface area contributed by atoms with E-state index >= 15 is 0 Å². The van der Waals surface area contributed by atoms with Crippen LogP contribution in [0.5, 0.6) is 0 Å². The van der Waals surface area contributed by atoms with Crippen molar-refractivity contribution in [3.05, 3.63) is 69.5 Å². The quantitative estimate of drug-likeness (QED) is 0.515. The molecular weight excluding hydrogens is 296 g/mol. The lowest BCUT2D eigenvalue weighted by molar-refractivity contribution is 0.507. The summed E-state index contributed by atoms with van der Waals surface area (Å²) in [5.41, 5.74) is 1.03. The van der Waals surface area contributed by atoms with Gasteiger partial charge >= 0.3 is 0 Å². The first-order chi connectivity index (χ1) is 8.90. The molecule has 0 N–H and O–H groups in total. The van der Waals surface area contributed by atoms with Gasteiger partial charge in [0.1, 0.15) is 5.82 Å². The van der Waals surface area contributed by atoms with Crippen molar-refractivity contribution in [2.45, 2.75) is 12.3 Å². The van der Waals surface area contributed by atoms with Gasteiger partial charge in [-0.3, -0.25) is 0 Å². The van der Waals surface area contributed by atoms with Crippen molar-refractivity contribution in [2.24, 2.45) is 0 Å². The number of hydrogen-bond acceptors (Lipinski definition) is 0. The second-order valence-corrected chi connectivity index (χ2v) is 5.02. The largest absolute Gasteiger partial charge is 0.207 e. The van der Waals surface area contributed by atoms with Gasteiger partial charge in [-0.2, -0.15) is 0 Å². The average molecular weight is 305 g/mol. The molecule has 0 saturated carbocycles. The van der Waals surface area contributed by atoms with E-state index in [4.69, 9.17) is 23.2 Å². The minimum Gasteiger partial charge on any atom is -0.207 e. The van der Waals surface area contributed by atoms with Crippen LogP contribution in [0, 0.1) is 24.4 Å². The van der Waals surface area contributed by atoms with Gasteiger partial charge in [0.25, 0.3) is 0 Å². The second kappa shape index (κ2) is 5.43. The summed E-state index contributed by atoms with van der Waals surface area (Å²) in [5.74, 6) is -2.65. The van der Waals surface area contributed by atoms with Crippen LogP contribution in [-0.4, -0.2) is 0 Å². The first-order valence-corrected chi connectivity index (χ1v) is 6.26. The van der Waals surface area contributed by atoms with Crippen molar-refractivity contribution in [3.63, 3.8) is 0 Å². The summed E-state index contributed by atoms with van der Waals surface area (Å²) in [7, 11) is 0. The van der Waals surface area contributed by atoms with E-state index < -0.39 is 22.8 Å². The zero-order chi connectivity index (χ0) is 14.2. The molecule has 100 valence electrons. The third kappa shape index (κ3) is 2.88. The number of benzene rings is 2. The Morgan fingerprint density at radius 1 is 0.895 bits per heavy atom. The van der Waals surface area contributed by atoms with Gasteiger partial charge in [0.05, 0.1) is 5.38 Å². The van der Waals surface area contributed by atoms with Crippen molar-refractivity contribution in [2.75, 3.05) is 0 Å². The first-order valence-electron chi connectivity index (χ1n) is 5.44. The summed E-state index contributed by atoms with van der Waals surface area (Å²) in [6.45, 7) is 1.74. The highest BCUT2D eigenvalue weighted by Crippen LogP contribution is 2.36. The van der Waals surface area contributed by atoms with Crippen molar-refractivity contribution >= 4 is 23.2 Å². The third-order valence-electron chi connectivity index (χ3n) is 2.74. The number of rotatable bonds is 2. The van der Waals surface area contributed by atoms with Gasteiger partial charge in [0, 0.05) is 10.6 Å². The summed E-state index contributed by atoms with van der Waals surface area (Å²) in [4.78, 5) is 0. The van der Waals surface area contributed by atoms with E-state index in [2.05, 4.69) is 0 Å². The zero-order valence-corrected chi connectivity index (χ0v) is 11.4. The van der Waals surface area contributed by atoms with Gasteiger partial charge in [-0.15, -0.1) is 11.6 Å².